The third kappa shape index (κ3) is 4.49. The summed E-state index contributed by atoms with van der Waals surface area (Å²) in [7, 11) is 2.99. The Kier molecular flexibility index (Phi) is 6.36. The Morgan fingerprint density at radius 1 is 1.29 bits per heavy atom. The minimum atomic E-state index is -0.442. The number of hydrogen-bond donors (Lipinski definition) is 1. The number of amides is 1. The van der Waals surface area contributed by atoms with Gasteiger partial charge < -0.3 is 19.7 Å². The number of amidine groups is 1. The van der Waals surface area contributed by atoms with Crippen LogP contribution >= 0.6 is 11.8 Å². The van der Waals surface area contributed by atoms with E-state index in [0.29, 0.717) is 29.4 Å². The molecule has 1 fully saturated rings. The highest BCUT2D eigenvalue weighted by Gasteiger charge is 2.41. The maximum atomic E-state index is 12.9. The molecular formula is C23H27N3O4S. The van der Waals surface area contributed by atoms with Crippen molar-refractivity contribution in [2.24, 2.45) is 10.9 Å². The van der Waals surface area contributed by atoms with E-state index in [0.717, 1.165) is 23.0 Å². The zero-order valence-corrected chi connectivity index (χ0v) is 18.8. The summed E-state index contributed by atoms with van der Waals surface area (Å²) >= 11 is 1.48. The summed E-state index contributed by atoms with van der Waals surface area (Å²) in [6.45, 7) is 2.70. The Morgan fingerprint density at radius 3 is 2.77 bits per heavy atom. The number of fused-ring (bicyclic) bond motifs is 1. The second-order valence-corrected chi connectivity index (χ2v) is 8.64. The van der Waals surface area contributed by atoms with Crippen molar-refractivity contribution in [3.63, 3.8) is 0 Å². The number of aliphatic imine (C=N–C) groups is 1. The van der Waals surface area contributed by atoms with E-state index in [9.17, 15) is 9.59 Å². The minimum absolute atomic E-state index is 0.0192. The largest absolute Gasteiger partial charge is 0.497 e. The van der Waals surface area contributed by atoms with Gasteiger partial charge in [-0.05, 0) is 48.3 Å². The number of carbonyl (C=O) groups excluding carboxylic acids is 2. The number of nitrogens with zero attached hydrogens (tertiary/aromatic N) is 2. The molecule has 31 heavy (non-hydrogen) atoms. The molecule has 1 amide bonds. The van der Waals surface area contributed by atoms with Crippen LogP contribution in [0, 0.1) is 5.92 Å². The highest BCUT2D eigenvalue weighted by atomic mass is 32.2. The maximum absolute atomic E-state index is 12.9. The van der Waals surface area contributed by atoms with E-state index in [1.54, 1.807) is 7.11 Å². The van der Waals surface area contributed by atoms with Gasteiger partial charge in [-0.1, -0.05) is 30.8 Å². The second kappa shape index (κ2) is 9.18. The number of rotatable bonds is 8. The molecule has 1 saturated carbocycles. The van der Waals surface area contributed by atoms with Crippen molar-refractivity contribution in [2.45, 2.75) is 38.6 Å². The first-order valence-corrected chi connectivity index (χ1v) is 11.4. The molecule has 0 radical (unpaired) electrons. The summed E-state index contributed by atoms with van der Waals surface area (Å²) < 4.78 is 10.6. The van der Waals surface area contributed by atoms with Crippen molar-refractivity contribution in [1.29, 1.82) is 0 Å². The molecule has 1 aliphatic carbocycles. The topological polar surface area (TPSA) is 80.2 Å². The van der Waals surface area contributed by atoms with E-state index in [4.69, 9.17) is 14.5 Å². The highest BCUT2D eigenvalue weighted by molar-refractivity contribution is 8.16. The molecule has 0 spiro atoms. The van der Waals surface area contributed by atoms with E-state index in [1.165, 1.54) is 31.7 Å². The van der Waals surface area contributed by atoms with Crippen LogP contribution in [0.15, 0.2) is 51.6 Å². The quantitative estimate of drug-likeness (QED) is 0.619. The molecule has 3 aliphatic rings. The normalized spacial score (nSPS) is 20.1. The smallest absolute Gasteiger partial charge is 0.338 e. The number of carbonyl (C=O) groups is 2. The molecule has 1 aromatic rings. The monoisotopic (exact) mass is 441 g/mol. The average molecular weight is 442 g/mol. The molecule has 1 N–H and O–H groups in total. The fourth-order valence-corrected chi connectivity index (χ4v) is 4.78. The Labute approximate surface area is 186 Å². The van der Waals surface area contributed by atoms with Crippen LogP contribution < -0.4 is 10.1 Å². The summed E-state index contributed by atoms with van der Waals surface area (Å²) in [4.78, 5) is 32.2. The van der Waals surface area contributed by atoms with Gasteiger partial charge in [-0.2, -0.15) is 0 Å². The van der Waals surface area contributed by atoms with Gasteiger partial charge in [-0.25, -0.2) is 9.79 Å². The van der Waals surface area contributed by atoms with Crippen molar-refractivity contribution in [2.75, 3.05) is 20.8 Å². The Balaban J connectivity index is 1.70. The van der Waals surface area contributed by atoms with Gasteiger partial charge in [0.1, 0.15) is 5.75 Å². The van der Waals surface area contributed by atoms with Gasteiger partial charge in [0.2, 0.25) is 5.91 Å². The van der Waals surface area contributed by atoms with Crippen LogP contribution in [-0.2, 0) is 14.3 Å². The van der Waals surface area contributed by atoms with Crippen molar-refractivity contribution in [3.8, 4) is 5.75 Å². The van der Waals surface area contributed by atoms with E-state index in [1.807, 2.05) is 41.5 Å². The Hall–Kier alpha value is -2.74. The molecule has 0 aromatic heterocycles. The zero-order chi connectivity index (χ0) is 22.0. The lowest BCUT2D eigenvalue weighted by molar-refractivity contribution is -0.136. The molecule has 0 saturated heterocycles. The lowest BCUT2D eigenvalue weighted by atomic mass is 9.92. The van der Waals surface area contributed by atoms with Gasteiger partial charge >= 0.3 is 5.97 Å². The molecule has 7 nitrogen and oxygen atoms in total. The fourth-order valence-electron chi connectivity index (χ4n) is 3.85. The van der Waals surface area contributed by atoms with Crippen LogP contribution in [0.1, 0.15) is 44.2 Å². The van der Waals surface area contributed by atoms with Crippen LogP contribution in [0.2, 0.25) is 0 Å². The average Bonchev–Trinajstić information content (AvgIpc) is 3.56. The van der Waals surface area contributed by atoms with Crippen LogP contribution in [0.25, 0.3) is 0 Å². The number of allylic oxidation sites excluding steroid dienone is 1. The number of nitrogens with one attached hydrogen (secondary N) is 1. The molecule has 0 bridgehead atoms. The van der Waals surface area contributed by atoms with E-state index >= 15 is 0 Å². The molecule has 164 valence electrons. The Morgan fingerprint density at radius 2 is 2.10 bits per heavy atom. The third-order valence-electron chi connectivity index (χ3n) is 5.67. The molecule has 4 rings (SSSR count). The molecule has 8 heteroatoms. The highest BCUT2D eigenvalue weighted by Crippen LogP contribution is 2.45. The van der Waals surface area contributed by atoms with E-state index < -0.39 is 12.0 Å². The SMILES string of the molecule is CCC1=C(C(=O)OC)[C@H](c2cccc(OC)c2)N2C(CC(=O)NCC3CC3)=CSC2=N1. The van der Waals surface area contributed by atoms with Crippen molar-refractivity contribution in [1.82, 2.24) is 10.2 Å². The summed E-state index contributed by atoms with van der Waals surface area (Å²) in [5.41, 5.74) is 2.89. The van der Waals surface area contributed by atoms with Crippen LogP contribution in [0.3, 0.4) is 0 Å². The summed E-state index contributed by atoms with van der Waals surface area (Å²) in [6, 6.07) is 7.19. The van der Waals surface area contributed by atoms with Gasteiger partial charge in [0.25, 0.3) is 0 Å². The number of methoxy groups -OCH3 is 2. The van der Waals surface area contributed by atoms with Crippen LogP contribution in [0.4, 0.5) is 0 Å². The maximum Gasteiger partial charge on any atom is 0.338 e. The summed E-state index contributed by atoms with van der Waals surface area (Å²) in [6.07, 6.45) is 3.20. The molecule has 0 unspecified atom stereocenters. The number of benzene rings is 1. The van der Waals surface area contributed by atoms with Gasteiger partial charge in [0.05, 0.1) is 38.0 Å². The van der Waals surface area contributed by atoms with E-state index in [-0.39, 0.29) is 12.3 Å². The zero-order valence-electron chi connectivity index (χ0n) is 18.0. The van der Waals surface area contributed by atoms with Crippen molar-refractivity contribution >= 4 is 28.8 Å². The van der Waals surface area contributed by atoms with E-state index in [2.05, 4.69) is 5.32 Å². The number of esters is 1. The molecule has 1 atom stereocenters. The minimum Gasteiger partial charge on any atom is -0.497 e. The van der Waals surface area contributed by atoms with Gasteiger partial charge in [0, 0.05) is 12.2 Å². The lowest BCUT2D eigenvalue weighted by Crippen LogP contribution is -2.38. The second-order valence-electron chi connectivity index (χ2n) is 7.80. The molecular weight excluding hydrogens is 414 g/mol. The number of ether oxygens (including phenoxy) is 2. The first kappa shape index (κ1) is 21.5. The molecule has 2 aliphatic heterocycles. The van der Waals surface area contributed by atoms with Crippen LogP contribution in [-0.4, -0.2) is 42.7 Å². The third-order valence-corrected chi connectivity index (χ3v) is 6.55. The predicted octanol–water partition coefficient (Wildman–Crippen LogP) is 3.75. The first-order valence-electron chi connectivity index (χ1n) is 10.5. The molecule has 2 heterocycles. The van der Waals surface area contributed by atoms with Gasteiger partial charge in [-0.15, -0.1) is 0 Å². The number of thioether (sulfide) groups is 1. The summed E-state index contributed by atoms with van der Waals surface area (Å²) in [5.74, 6) is 0.882. The Bertz CT molecular complexity index is 981. The fraction of sp³-hybridized carbons (Fsp3) is 0.435. The lowest BCUT2D eigenvalue weighted by Gasteiger charge is -2.36. The van der Waals surface area contributed by atoms with Gasteiger partial charge in [0.15, 0.2) is 5.17 Å². The predicted molar refractivity (Wildman–Crippen MR) is 120 cm³/mol. The van der Waals surface area contributed by atoms with Crippen molar-refractivity contribution < 1.29 is 19.1 Å². The first-order chi connectivity index (χ1) is 15.0. The number of hydrogen-bond acceptors (Lipinski definition) is 7. The summed E-state index contributed by atoms with van der Waals surface area (Å²) in [5, 5.41) is 5.75. The standard InChI is InChI=1S/C23H27N3O4S/c1-4-18-20(22(28)30-3)21(15-6-5-7-17(10-15)29-2)26-16(13-31-23(26)25-18)11-19(27)24-12-14-8-9-14/h5-7,10,13-14,21H,4,8-9,11-12H2,1-3H3,(H,24,27)/t21-/m0/s1. The van der Waals surface area contributed by atoms with Gasteiger partial charge in [-0.3, -0.25) is 4.79 Å². The molecule has 1 aromatic carbocycles. The van der Waals surface area contributed by atoms with Crippen molar-refractivity contribution in [3.05, 3.63) is 52.2 Å². The van der Waals surface area contributed by atoms with Crippen LogP contribution in [0.5, 0.6) is 5.75 Å².